The van der Waals surface area contributed by atoms with Crippen molar-refractivity contribution in [3.63, 3.8) is 0 Å². The number of ether oxygens (including phenoxy) is 1. The van der Waals surface area contributed by atoms with Crippen LogP contribution in [-0.4, -0.2) is 41.1 Å². The Hall–Kier alpha value is -3.48. The summed E-state index contributed by atoms with van der Waals surface area (Å²) < 4.78 is 5.10. The quantitative estimate of drug-likeness (QED) is 0.615. The van der Waals surface area contributed by atoms with Crippen LogP contribution in [0.4, 0.5) is 5.82 Å². The number of aromatic nitrogens is 3. The summed E-state index contributed by atoms with van der Waals surface area (Å²) in [6, 6.07) is 10.8. The fourth-order valence-corrected chi connectivity index (χ4v) is 2.63. The van der Waals surface area contributed by atoms with Crippen LogP contribution in [0.2, 0.25) is 0 Å². The normalized spacial score (nSPS) is 10.4. The number of benzene rings is 1. The molecule has 0 aliphatic carbocycles. The molecular weight excluding hydrogens is 354 g/mol. The molecule has 3 rings (SSSR count). The minimum Gasteiger partial charge on any atom is -0.497 e. The van der Waals surface area contributed by atoms with E-state index >= 15 is 0 Å². The molecule has 0 bridgehead atoms. The van der Waals surface area contributed by atoms with E-state index in [2.05, 4.69) is 25.6 Å². The number of rotatable bonds is 7. The summed E-state index contributed by atoms with van der Waals surface area (Å²) in [6.45, 7) is 4.94. The lowest BCUT2D eigenvalue weighted by molar-refractivity contribution is 0.0955. The van der Waals surface area contributed by atoms with Crippen molar-refractivity contribution < 1.29 is 9.53 Å². The molecule has 3 aromatic rings. The molecule has 2 N–H and O–H groups in total. The summed E-state index contributed by atoms with van der Waals surface area (Å²) in [4.78, 5) is 25.5. The minimum atomic E-state index is -0.129. The first-order valence-electron chi connectivity index (χ1n) is 9.00. The average molecular weight is 377 g/mol. The van der Waals surface area contributed by atoms with Gasteiger partial charge in [-0.2, -0.15) is 0 Å². The van der Waals surface area contributed by atoms with Crippen molar-refractivity contribution in [3.05, 3.63) is 65.6 Å². The average Bonchev–Trinajstić information content (AvgIpc) is 2.74. The highest BCUT2D eigenvalue weighted by Gasteiger charge is 2.10. The number of nitrogens with zero attached hydrogens (tertiary/aromatic N) is 3. The van der Waals surface area contributed by atoms with Crippen molar-refractivity contribution in [1.82, 2.24) is 20.3 Å². The number of methoxy groups -OCH3 is 1. The third kappa shape index (κ3) is 4.62. The Morgan fingerprint density at radius 2 is 1.86 bits per heavy atom. The van der Waals surface area contributed by atoms with Crippen molar-refractivity contribution in [3.8, 4) is 17.1 Å². The zero-order chi connectivity index (χ0) is 19.9. The molecule has 0 spiro atoms. The van der Waals surface area contributed by atoms with Crippen LogP contribution in [0, 0.1) is 13.8 Å². The fourth-order valence-electron chi connectivity index (χ4n) is 2.63. The summed E-state index contributed by atoms with van der Waals surface area (Å²) >= 11 is 0. The van der Waals surface area contributed by atoms with Crippen LogP contribution in [0.1, 0.15) is 21.6 Å². The Kier molecular flexibility index (Phi) is 6.16. The van der Waals surface area contributed by atoms with Gasteiger partial charge in [0.2, 0.25) is 0 Å². The molecule has 7 nitrogen and oxygen atoms in total. The van der Waals surface area contributed by atoms with Gasteiger partial charge < -0.3 is 15.4 Å². The maximum atomic E-state index is 12.2. The molecule has 0 saturated heterocycles. The molecule has 144 valence electrons. The number of anilines is 1. The standard InChI is InChI=1S/C21H23N5O2/c1-14-15(2)25-20(17-5-4-10-22-13-17)26-19(14)23-11-12-24-21(27)16-6-8-18(28-3)9-7-16/h4-10,13H,11-12H2,1-3H3,(H,24,27)(H,23,25,26). The third-order valence-electron chi connectivity index (χ3n) is 4.36. The second-order valence-corrected chi connectivity index (χ2v) is 6.26. The Bertz CT molecular complexity index is 943. The molecule has 0 unspecified atom stereocenters. The van der Waals surface area contributed by atoms with Gasteiger partial charge in [-0.3, -0.25) is 9.78 Å². The summed E-state index contributed by atoms with van der Waals surface area (Å²) in [5.41, 5.74) is 3.34. The highest BCUT2D eigenvalue weighted by molar-refractivity contribution is 5.94. The number of aryl methyl sites for hydroxylation is 1. The van der Waals surface area contributed by atoms with Crippen LogP contribution in [0.25, 0.3) is 11.4 Å². The monoisotopic (exact) mass is 377 g/mol. The minimum absolute atomic E-state index is 0.129. The number of hydrogen-bond donors (Lipinski definition) is 2. The predicted octanol–water partition coefficient (Wildman–Crippen LogP) is 3.01. The highest BCUT2D eigenvalue weighted by Crippen LogP contribution is 2.20. The summed E-state index contributed by atoms with van der Waals surface area (Å²) in [5, 5.41) is 6.17. The van der Waals surface area contributed by atoms with E-state index < -0.39 is 0 Å². The summed E-state index contributed by atoms with van der Waals surface area (Å²) in [5.74, 6) is 1.97. The van der Waals surface area contributed by atoms with Crippen LogP contribution < -0.4 is 15.4 Å². The van der Waals surface area contributed by atoms with E-state index in [9.17, 15) is 4.79 Å². The summed E-state index contributed by atoms with van der Waals surface area (Å²) in [7, 11) is 1.59. The molecule has 0 saturated carbocycles. The fraction of sp³-hybridized carbons (Fsp3) is 0.238. The predicted molar refractivity (Wildman–Crippen MR) is 109 cm³/mol. The number of hydrogen-bond acceptors (Lipinski definition) is 6. The van der Waals surface area contributed by atoms with Crippen molar-refractivity contribution in [2.75, 3.05) is 25.5 Å². The van der Waals surface area contributed by atoms with Gasteiger partial charge in [0.25, 0.3) is 5.91 Å². The lowest BCUT2D eigenvalue weighted by Gasteiger charge is -2.13. The van der Waals surface area contributed by atoms with E-state index in [0.29, 0.717) is 24.5 Å². The molecule has 7 heteroatoms. The molecule has 1 aromatic carbocycles. The topological polar surface area (TPSA) is 89.0 Å². The van der Waals surface area contributed by atoms with Gasteiger partial charge in [-0.1, -0.05) is 0 Å². The lowest BCUT2D eigenvalue weighted by Crippen LogP contribution is -2.29. The molecule has 0 aliphatic heterocycles. The summed E-state index contributed by atoms with van der Waals surface area (Å²) in [6.07, 6.45) is 3.46. The van der Waals surface area contributed by atoms with E-state index in [1.54, 1.807) is 43.8 Å². The number of nitrogens with one attached hydrogen (secondary N) is 2. The zero-order valence-electron chi connectivity index (χ0n) is 16.2. The van der Waals surface area contributed by atoms with Crippen LogP contribution in [0.3, 0.4) is 0 Å². The van der Waals surface area contributed by atoms with Crippen molar-refractivity contribution >= 4 is 11.7 Å². The van der Waals surface area contributed by atoms with Crippen LogP contribution >= 0.6 is 0 Å². The maximum Gasteiger partial charge on any atom is 0.251 e. The lowest BCUT2D eigenvalue weighted by atomic mass is 10.2. The van der Waals surface area contributed by atoms with Gasteiger partial charge in [-0.15, -0.1) is 0 Å². The van der Waals surface area contributed by atoms with E-state index in [-0.39, 0.29) is 5.91 Å². The molecule has 0 radical (unpaired) electrons. The Morgan fingerprint density at radius 3 is 2.54 bits per heavy atom. The van der Waals surface area contributed by atoms with Crippen LogP contribution in [-0.2, 0) is 0 Å². The third-order valence-corrected chi connectivity index (χ3v) is 4.36. The number of pyridine rings is 1. The molecule has 28 heavy (non-hydrogen) atoms. The van der Waals surface area contributed by atoms with Crippen LogP contribution in [0.15, 0.2) is 48.8 Å². The van der Waals surface area contributed by atoms with Gasteiger partial charge in [0.15, 0.2) is 5.82 Å². The van der Waals surface area contributed by atoms with E-state index in [1.807, 2.05) is 26.0 Å². The van der Waals surface area contributed by atoms with Gasteiger partial charge in [0.05, 0.1) is 7.11 Å². The highest BCUT2D eigenvalue weighted by atomic mass is 16.5. The Labute approximate surface area is 164 Å². The molecule has 2 heterocycles. The number of carbonyl (C=O) groups is 1. The second kappa shape index (κ2) is 8.94. The van der Waals surface area contributed by atoms with Crippen molar-refractivity contribution in [1.29, 1.82) is 0 Å². The Balaban J connectivity index is 1.59. The number of carbonyl (C=O) groups excluding carboxylic acids is 1. The smallest absolute Gasteiger partial charge is 0.251 e. The zero-order valence-corrected chi connectivity index (χ0v) is 16.2. The maximum absolute atomic E-state index is 12.2. The number of amides is 1. The van der Waals surface area contributed by atoms with Gasteiger partial charge >= 0.3 is 0 Å². The first-order valence-corrected chi connectivity index (χ1v) is 9.00. The van der Waals surface area contributed by atoms with Gasteiger partial charge in [0.1, 0.15) is 11.6 Å². The van der Waals surface area contributed by atoms with Crippen molar-refractivity contribution in [2.24, 2.45) is 0 Å². The SMILES string of the molecule is COc1ccc(C(=O)NCCNc2nc(-c3cccnc3)nc(C)c2C)cc1. The molecule has 0 aliphatic rings. The second-order valence-electron chi connectivity index (χ2n) is 6.26. The molecular formula is C21H23N5O2. The molecule has 2 aromatic heterocycles. The van der Waals surface area contributed by atoms with Gasteiger partial charge in [0, 0.05) is 47.9 Å². The Morgan fingerprint density at radius 1 is 1.07 bits per heavy atom. The van der Waals surface area contributed by atoms with Crippen LogP contribution in [0.5, 0.6) is 5.75 Å². The molecule has 1 amide bonds. The largest absolute Gasteiger partial charge is 0.497 e. The molecule has 0 fully saturated rings. The first-order chi connectivity index (χ1) is 13.6. The van der Waals surface area contributed by atoms with E-state index in [4.69, 9.17) is 4.74 Å². The van der Waals surface area contributed by atoms with E-state index in [0.717, 1.165) is 28.4 Å². The van der Waals surface area contributed by atoms with Crippen molar-refractivity contribution in [2.45, 2.75) is 13.8 Å². The van der Waals surface area contributed by atoms with E-state index in [1.165, 1.54) is 0 Å². The molecule has 0 atom stereocenters. The first kappa shape index (κ1) is 19.3. The van der Waals surface area contributed by atoms with Gasteiger partial charge in [-0.05, 0) is 50.2 Å². The van der Waals surface area contributed by atoms with Gasteiger partial charge in [-0.25, -0.2) is 9.97 Å².